The minimum Gasteiger partial charge on any atom is -0.345 e. The topological polar surface area (TPSA) is 36.4 Å². The Morgan fingerprint density at radius 2 is 1.69 bits per heavy atom. The van der Waals surface area contributed by atoms with Crippen LogP contribution in [-0.2, 0) is 11.2 Å². The number of aromatic nitrogens is 1. The number of anilines is 1. The number of carbonyl (C=O) groups is 1. The van der Waals surface area contributed by atoms with Crippen LogP contribution in [0.4, 0.5) is 5.13 Å². The first kappa shape index (κ1) is 17.0. The van der Waals surface area contributed by atoms with E-state index in [9.17, 15) is 4.79 Å². The third-order valence-electron chi connectivity index (χ3n) is 4.91. The van der Waals surface area contributed by atoms with Crippen LogP contribution in [0.3, 0.4) is 0 Å². The second-order valence-electron chi connectivity index (χ2n) is 7.00. The van der Waals surface area contributed by atoms with E-state index in [-0.39, 0.29) is 5.91 Å². The van der Waals surface area contributed by atoms with Gasteiger partial charge in [-0.2, -0.15) is 0 Å². The average molecular weight is 366 g/mol. The summed E-state index contributed by atoms with van der Waals surface area (Å²) < 4.78 is 1.23. The van der Waals surface area contributed by atoms with Crippen molar-refractivity contribution in [2.45, 2.75) is 20.3 Å². The molecule has 1 amide bonds. The molecule has 1 aliphatic heterocycles. The summed E-state index contributed by atoms with van der Waals surface area (Å²) in [5, 5.41) is 1.07. The van der Waals surface area contributed by atoms with Gasteiger partial charge in [-0.15, -0.1) is 0 Å². The highest BCUT2D eigenvalue weighted by Crippen LogP contribution is 2.30. The zero-order valence-corrected chi connectivity index (χ0v) is 16.1. The molecule has 4 nitrogen and oxygen atoms in total. The number of hydrogen-bond acceptors (Lipinski definition) is 4. The van der Waals surface area contributed by atoms with Crippen molar-refractivity contribution in [3.8, 4) is 0 Å². The lowest BCUT2D eigenvalue weighted by atomic mass is 10.1. The van der Waals surface area contributed by atoms with Crippen LogP contribution in [0.1, 0.15) is 16.7 Å². The maximum Gasteiger partial charge on any atom is 0.227 e. The molecule has 0 saturated carbocycles. The Morgan fingerprint density at radius 1 is 1.00 bits per heavy atom. The smallest absolute Gasteiger partial charge is 0.227 e. The highest BCUT2D eigenvalue weighted by Gasteiger charge is 2.23. The molecule has 0 unspecified atom stereocenters. The molecule has 5 heteroatoms. The standard InChI is InChI=1S/C21H23N3OS/c1-15-3-6-17(7-4-15)14-20(25)23-9-11-24(12-10-23)21-22-18-8-5-16(2)13-19(18)26-21/h3-8,13H,9-12,14H2,1-2H3. The van der Waals surface area contributed by atoms with Crippen LogP contribution in [0.15, 0.2) is 42.5 Å². The predicted octanol–water partition coefficient (Wildman–Crippen LogP) is 3.80. The molecule has 2 aromatic carbocycles. The number of aryl methyl sites for hydroxylation is 2. The van der Waals surface area contributed by atoms with Gasteiger partial charge in [0, 0.05) is 26.2 Å². The first-order valence-electron chi connectivity index (χ1n) is 9.04. The number of thiazole rings is 1. The van der Waals surface area contributed by atoms with Gasteiger partial charge in [-0.3, -0.25) is 4.79 Å². The summed E-state index contributed by atoms with van der Waals surface area (Å²) in [5.74, 6) is 0.216. The Morgan fingerprint density at radius 3 is 2.42 bits per heavy atom. The predicted molar refractivity (Wildman–Crippen MR) is 108 cm³/mol. The first-order chi connectivity index (χ1) is 12.6. The van der Waals surface area contributed by atoms with Gasteiger partial charge in [0.1, 0.15) is 0 Å². The minimum atomic E-state index is 0.216. The Labute approximate surface area is 158 Å². The maximum absolute atomic E-state index is 12.6. The van der Waals surface area contributed by atoms with Gasteiger partial charge in [-0.05, 0) is 37.1 Å². The number of amides is 1. The van der Waals surface area contributed by atoms with Gasteiger partial charge < -0.3 is 9.80 Å². The molecule has 1 aromatic heterocycles. The Kier molecular flexibility index (Phi) is 4.64. The Balaban J connectivity index is 1.38. The van der Waals surface area contributed by atoms with E-state index in [1.807, 2.05) is 17.0 Å². The Bertz CT molecular complexity index is 924. The van der Waals surface area contributed by atoms with Crippen molar-refractivity contribution >= 4 is 32.6 Å². The molecule has 26 heavy (non-hydrogen) atoms. The van der Waals surface area contributed by atoms with Crippen molar-refractivity contribution in [3.63, 3.8) is 0 Å². The monoisotopic (exact) mass is 365 g/mol. The van der Waals surface area contributed by atoms with Crippen molar-refractivity contribution in [1.29, 1.82) is 0 Å². The molecule has 0 aliphatic carbocycles. The van der Waals surface area contributed by atoms with E-state index in [0.29, 0.717) is 6.42 Å². The summed E-state index contributed by atoms with van der Waals surface area (Å²) in [6, 6.07) is 14.6. The summed E-state index contributed by atoms with van der Waals surface area (Å²) in [6.07, 6.45) is 0.487. The lowest BCUT2D eigenvalue weighted by molar-refractivity contribution is -0.130. The van der Waals surface area contributed by atoms with Gasteiger partial charge in [0.15, 0.2) is 5.13 Å². The quantitative estimate of drug-likeness (QED) is 0.708. The van der Waals surface area contributed by atoms with E-state index in [1.54, 1.807) is 11.3 Å². The van der Waals surface area contributed by atoms with Gasteiger partial charge in [0.2, 0.25) is 5.91 Å². The van der Waals surface area contributed by atoms with Gasteiger partial charge in [-0.1, -0.05) is 47.2 Å². The van der Waals surface area contributed by atoms with Crippen molar-refractivity contribution in [1.82, 2.24) is 9.88 Å². The number of fused-ring (bicyclic) bond motifs is 1. The SMILES string of the molecule is Cc1ccc(CC(=O)N2CCN(c3nc4ccc(C)cc4s3)CC2)cc1. The normalized spacial score (nSPS) is 14.8. The molecule has 4 rings (SSSR count). The second-order valence-corrected chi connectivity index (χ2v) is 8.01. The summed E-state index contributed by atoms with van der Waals surface area (Å²) in [6.45, 7) is 7.39. The molecule has 0 bridgehead atoms. The van der Waals surface area contributed by atoms with Gasteiger partial charge in [-0.25, -0.2) is 4.98 Å². The highest BCUT2D eigenvalue weighted by molar-refractivity contribution is 7.22. The van der Waals surface area contributed by atoms with Crippen molar-refractivity contribution < 1.29 is 4.79 Å². The minimum absolute atomic E-state index is 0.216. The average Bonchev–Trinajstić information content (AvgIpc) is 3.07. The van der Waals surface area contributed by atoms with Crippen LogP contribution >= 0.6 is 11.3 Å². The lowest BCUT2D eigenvalue weighted by Gasteiger charge is -2.34. The molecular formula is C21H23N3OS. The van der Waals surface area contributed by atoms with Crippen LogP contribution in [0, 0.1) is 13.8 Å². The first-order valence-corrected chi connectivity index (χ1v) is 9.85. The molecule has 2 heterocycles. The van der Waals surface area contributed by atoms with Crippen LogP contribution in [-0.4, -0.2) is 42.0 Å². The molecule has 0 radical (unpaired) electrons. The fourth-order valence-corrected chi connectivity index (χ4v) is 4.41. The van der Waals surface area contributed by atoms with E-state index >= 15 is 0 Å². The van der Waals surface area contributed by atoms with Crippen molar-refractivity contribution in [3.05, 3.63) is 59.2 Å². The summed E-state index contributed by atoms with van der Waals surface area (Å²) in [7, 11) is 0. The second kappa shape index (κ2) is 7.08. The van der Waals surface area contributed by atoms with E-state index in [4.69, 9.17) is 4.98 Å². The van der Waals surface area contributed by atoms with Gasteiger partial charge >= 0.3 is 0 Å². The number of carbonyl (C=O) groups excluding carboxylic acids is 1. The number of benzene rings is 2. The number of rotatable bonds is 3. The Hall–Kier alpha value is -2.40. The molecule has 3 aromatic rings. The van der Waals surface area contributed by atoms with E-state index in [2.05, 4.69) is 49.1 Å². The summed E-state index contributed by atoms with van der Waals surface area (Å²) >= 11 is 1.74. The van der Waals surface area contributed by atoms with Gasteiger partial charge in [0.05, 0.1) is 16.6 Å². The molecule has 0 atom stereocenters. The molecule has 1 aliphatic rings. The van der Waals surface area contributed by atoms with Crippen molar-refractivity contribution in [2.75, 3.05) is 31.1 Å². The molecule has 0 N–H and O–H groups in total. The number of hydrogen-bond donors (Lipinski definition) is 0. The third kappa shape index (κ3) is 3.58. The summed E-state index contributed by atoms with van der Waals surface area (Å²) in [4.78, 5) is 21.6. The number of piperazine rings is 1. The number of nitrogens with zero attached hydrogens (tertiary/aromatic N) is 3. The highest BCUT2D eigenvalue weighted by atomic mass is 32.1. The zero-order chi connectivity index (χ0) is 18.1. The maximum atomic E-state index is 12.6. The van der Waals surface area contributed by atoms with Gasteiger partial charge in [0.25, 0.3) is 0 Å². The zero-order valence-electron chi connectivity index (χ0n) is 15.2. The van der Waals surface area contributed by atoms with Crippen molar-refractivity contribution in [2.24, 2.45) is 0 Å². The molecular weight excluding hydrogens is 342 g/mol. The van der Waals surface area contributed by atoms with E-state index < -0.39 is 0 Å². The lowest BCUT2D eigenvalue weighted by Crippen LogP contribution is -2.49. The van der Waals surface area contributed by atoms with Crippen LogP contribution in [0.5, 0.6) is 0 Å². The third-order valence-corrected chi connectivity index (χ3v) is 5.99. The molecule has 0 spiro atoms. The fraction of sp³-hybridized carbons (Fsp3) is 0.333. The summed E-state index contributed by atoms with van der Waals surface area (Å²) in [5.41, 5.74) is 4.64. The van der Waals surface area contributed by atoms with Crippen LogP contribution in [0.2, 0.25) is 0 Å². The van der Waals surface area contributed by atoms with E-state index in [0.717, 1.165) is 42.4 Å². The molecule has 134 valence electrons. The van der Waals surface area contributed by atoms with E-state index in [1.165, 1.54) is 15.8 Å². The molecule has 1 saturated heterocycles. The largest absolute Gasteiger partial charge is 0.345 e. The molecule has 1 fully saturated rings. The fourth-order valence-electron chi connectivity index (χ4n) is 3.29. The van der Waals surface area contributed by atoms with Crippen LogP contribution in [0.25, 0.3) is 10.2 Å². The van der Waals surface area contributed by atoms with Crippen LogP contribution < -0.4 is 4.90 Å².